The molecule has 2 N–H and O–H groups in total. The van der Waals surface area contributed by atoms with E-state index in [0.29, 0.717) is 17.1 Å². The third kappa shape index (κ3) is 2.43. The van der Waals surface area contributed by atoms with Crippen molar-refractivity contribution >= 4 is 23.2 Å². The van der Waals surface area contributed by atoms with Crippen LogP contribution in [0.15, 0.2) is 18.2 Å². The number of amides is 2. The van der Waals surface area contributed by atoms with E-state index in [1.807, 2.05) is 0 Å². The van der Waals surface area contributed by atoms with Gasteiger partial charge in [-0.3, -0.25) is 9.59 Å². The molecule has 0 radical (unpaired) electrons. The number of hydrogen-bond acceptors (Lipinski definition) is 4. The van der Waals surface area contributed by atoms with Crippen molar-refractivity contribution in [2.45, 2.75) is 6.42 Å². The minimum atomic E-state index is -0.275. The number of anilines is 2. The largest absolute Gasteiger partial charge is 0.482 e. The molecule has 0 spiro atoms. The lowest BCUT2D eigenvalue weighted by molar-refractivity contribution is -0.121. The van der Waals surface area contributed by atoms with Crippen LogP contribution in [0, 0.1) is 0 Å². The minimum Gasteiger partial charge on any atom is -0.482 e. The number of ether oxygens (including phenoxy) is 1. The normalized spacial score (nSPS) is 13.9. The smallest absolute Gasteiger partial charge is 0.264 e. The molecule has 6 heteroatoms. The number of fused-ring (bicyclic) bond motifs is 1. The van der Waals surface area contributed by atoms with Crippen molar-refractivity contribution in [3.05, 3.63) is 18.2 Å². The Hall–Kier alpha value is -2.08. The van der Waals surface area contributed by atoms with Crippen molar-refractivity contribution in [1.82, 2.24) is 0 Å². The molecule has 0 bridgehead atoms. The Bertz CT molecular complexity index is 487. The number of aliphatic hydroxyl groups excluding tert-OH is 1. The zero-order valence-corrected chi connectivity index (χ0v) is 9.97. The Labute approximate surface area is 104 Å². The predicted octanol–water partition coefficient (Wildman–Crippen LogP) is 0.363. The van der Waals surface area contributed by atoms with Gasteiger partial charge in [-0.25, -0.2) is 0 Å². The maximum absolute atomic E-state index is 11.5. The van der Waals surface area contributed by atoms with E-state index in [0.717, 1.165) is 0 Å². The van der Waals surface area contributed by atoms with Crippen molar-refractivity contribution in [2.24, 2.45) is 0 Å². The number of carbonyl (C=O) groups excluding carboxylic acids is 2. The van der Waals surface area contributed by atoms with Crippen LogP contribution in [0.25, 0.3) is 0 Å². The van der Waals surface area contributed by atoms with Crippen molar-refractivity contribution < 1.29 is 19.4 Å². The van der Waals surface area contributed by atoms with Crippen LogP contribution >= 0.6 is 0 Å². The average molecular weight is 250 g/mol. The Morgan fingerprint density at radius 1 is 1.56 bits per heavy atom. The molecule has 0 aliphatic carbocycles. The summed E-state index contributed by atoms with van der Waals surface area (Å²) in [5.74, 6) is 0.196. The number of likely N-dealkylation sites (N-methyl/N-ethyl adjacent to an activating group) is 1. The molecule has 18 heavy (non-hydrogen) atoms. The summed E-state index contributed by atoms with van der Waals surface area (Å²) in [5.41, 5.74) is 1.19. The highest BCUT2D eigenvalue weighted by Gasteiger charge is 2.22. The summed E-state index contributed by atoms with van der Waals surface area (Å²) in [6.45, 7) is -0.169. The standard InChI is InChI=1S/C12H14N2O4/c1-14-9-6-8(13-11(16)4-5-15)2-3-10(9)18-7-12(14)17/h2-3,6,15H,4-5,7H2,1H3,(H,13,16). The molecule has 1 aromatic rings. The maximum atomic E-state index is 11.5. The van der Waals surface area contributed by atoms with E-state index in [2.05, 4.69) is 5.32 Å². The lowest BCUT2D eigenvalue weighted by atomic mass is 10.2. The number of nitrogens with zero attached hydrogens (tertiary/aromatic N) is 1. The Balaban J connectivity index is 2.21. The molecular formula is C12H14N2O4. The third-order valence-corrected chi connectivity index (χ3v) is 2.67. The van der Waals surface area contributed by atoms with E-state index in [1.165, 1.54) is 4.90 Å². The van der Waals surface area contributed by atoms with Crippen molar-refractivity contribution in [3.63, 3.8) is 0 Å². The Morgan fingerprint density at radius 2 is 2.33 bits per heavy atom. The van der Waals surface area contributed by atoms with E-state index in [9.17, 15) is 9.59 Å². The number of benzene rings is 1. The highest BCUT2D eigenvalue weighted by molar-refractivity contribution is 5.99. The molecule has 0 saturated heterocycles. The molecule has 1 aliphatic heterocycles. The van der Waals surface area contributed by atoms with Gasteiger partial charge < -0.3 is 20.1 Å². The first-order chi connectivity index (χ1) is 8.61. The second-order valence-corrected chi connectivity index (χ2v) is 3.95. The topological polar surface area (TPSA) is 78.9 Å². The predicted molar refractivity (Wildman–Crippen MR) is 65.7 cm³/mol. The Morgan fingerprint density at radius 3 is 3.06 bits per heavy atom. The summed E-state index contributed by atoms with van der Waals surface area (Å²) < 4.78 is 5.27. The third-order valence-electron chi connectivity index (χ3n) is 2.67. The number of nitrogens with one attached hydrogen (secondary N) is 1. The first-order valence-electron chi connectivity index (χ1n) is 5.56. The molecular weight excluding hydrogens is 236 g/mol. The van der Waals surface area contributed by atoms with Crippen molar-refractivity contribution in [1.29, 1.82) is 0 Å². The molecule has 0 atom stereocenters. The molecule has 6 nitrogen and oxygen atoms in total. The van der Waals surface area contributed by atoms with Crippen LogP contribution in [0.4, 0.5) is 11.4 Å². The van der Waals surface area contributed by atoms with Crippen LogP contribution in [0.2, 0.25) is 0 Å². The second kappa shape index (κ2) is 5.05. The van der Waals surface area contributed by atoms with Gasteiger partial charge >= 0.3 is 0 Å². The molecule has 2 rings (SSSR count). The molecule has 1 aliphatic rings. The zero-order valence-electron chi connectivity index (χ0n) is 9.97. The molecule has 0 saturated carbocycles. The zero-order chi connectivity index (χ0) is 13.1. The molecule has 1 aromatic carbocycles. The second-order valence-electron chi connectivity index (χ2n) is 3.95. The monoisotopic (exact) mass is 250 g/mol. The highest BCUT2D eigenvalue weighted by atomic mass is 16.5. The summed E-state index contributed by atoms with van der Waals surface area (Å²) >= 11 is 0. The van der Waals surface area contributed by atoms with Crippen LogP contribution < -0.4 is 15.0 Å². The van der Waals surface area contributed by atoms with E-state index in [-0.39, 0.29) is 31.4 Å². The first-order valence-corrected chi connectivity index (χ1v) is 5.56. The highest BCUT2D eigenvalue weighted by Crippen LogP contribution is 2.33. The number of aliphatic hydroxyl groups is 1. The van der Waals surface area contributed by atoms with E-state index >= 15 is 0 Å². The fourth-order valence-corrected chi connectivity index (χ4v) is 1.67. The molecule has 1 heterocycles. The SMILES string of the molecule is CN1C(=O)COc2ccc(NC(=O)CCO)cc21. The number of hydrogen-bond donors (Lipinski definition) is 2. The van der Waals surface area contributed by atoms with E-state index < -0.39 is 0 Å². The summed E-state index contributed by atoms with van der Waals surface area (Å²) in [4.78, 5) is 24.3. The van der Waals surface area contributed by atoms with Gasteiger partial charge in [-0.1, -0.05) is 0 Å². The maximum Gasteiger partial charge on any atom is 0.264 e. The van der Waals surface area contributed by atoms with Crippen LogP contribution in [-0.2, 0) is 9.59 Å². The van der Waals surface area contributed by atoms with Gasteiger partial charge in [0.15, 0.2) is 6.61 Å². The summed E-state index contributed by atoms with van der Waals surface area (Å²) in [7, 11) is 1.66. The summed E-state index contributed by atoms with van der Waals surface area (Å²) in [6, 6.07) is 5.06. The minimum absolute atomic E-state index is 0.0275. The lowest BCUT2D eigenvalue weighted by Gasteiger charge is -2.26. The van der Waals surface area contributed by atoms with Gasteiger partial charge in [0.2, 0.25) is 5.91 Å². The van der Waals surface area contributed by atoms with Crippen LogP contribution in [-0.4, -0.2) is 37.2 Å². The van der Waals surface area contributed by atoms with Crippen LogP contribution in [0.5, 0.6) is 5.75 Å². The number of rotatable bonds is 3. The average Bonchev–Trinajstić information content (AvgIpc) is 2.35. The van der Waals surface area contributed by atoms with Gasteiger partial charge in [-0.2, -0.15) is 0 Å². The fraction of sp³-hybridized carbons (Fsp3) is 0.333. The van der Waals surface area contributed by atoms with E-state index in [4.69, 9.17) is 9.84 Å². The van der Waals surface area contributed by atoms with Gasteiger partial charge in [0.25, 0.3) is 5.91 Å². The molecule has 0 unspecified atom stereocenters. The van der Waals surface area contributed by atoms with Gasteiger partial charge in [-0.05, 0) is 18.2 Å². The van der Waals surface area contributed by atoms with Gasteiger partial charge in [0.1, 0.15) is 5.75 Å². The molecule has 96 valence electrons. The summed E-state index contributed by atoms with van der Waals surface area (Å²) in [6.07, 6.45) is 0.0440. The lowest BCUT2D eigenvalue weighted by Crippen LogP contribution is -2.35. The van der Waals surface area contributed by atoms with Gasteiger partial charge in [0.05, 0.1) is 18.7 Å². The van der Waals surface area contributed by atoms with E-state index in [1.54, 1.807) is 25.2 Å². The molecule has 0 fully saturated rings. The van der Waals surface area contributed by atoms with Gasteiger partial charge in [-0.15, -0.1) is 0 Å². The van der Waals surface area contributed by atoms with Gasteiger partial charge in [0, 0.05) is 12.7 Å². The molecule has 2 amide bonds. The van der Waals surface area contributed by atoms with Crippen molar-refractivity contribution in [3.8, 4) is 5.75 Å². The van der Waals surface area contributed by atoms with Crippen molar-refractivity contribution in [2.75, 3.05) is 30.5 Å². The Kier molecular flexibility index (Phi) is 3.47. The fourth-order valence-electron chi connectivity index (χ4n) is 1.67. The van der Waals surface area contributed by atoms with Crippen LogP contribution in [0.3, 0.4) is 0 Å². The van der Waals surface area contributed by atoms with Crippen LogP contribution in [0.1, 0.15) is 6.42 Å². The quantitative estimate of drug-likeness (QED) is 0.812. The summed E-state index contributed by atoms with van der Waals surface area (Å²) in [5, 5.41) is 11.3. The number of carbonyl (C=O) groups is 2. The first kappa shape index (κ1) is 12.4. The molecule has 0 aromatic heterocycles.